The predicted octanol–water partition coefficient (Wildman–Crippen LogP) is 4.44. The molecule has 0 saturated heterocycles. The van der Waals surface area contributed by atoms with Crippen LogP contribution in [0.15, 0.2) is 22.6 Å². The summed E-state index contributed by atoms with van der Waals surface area (Å²) < 4.78 is 16.7. The molecule has 144 valence electrons. The number of aryl methyl sites for hydroxylation is 1. The van der Waals surface area contributed by atoms with Gasteiger partial charge in [0.1, 0.15) is 17.3 Å². The van der Waals surface area contributed by atoms with Gasteiger partial charge >= 0.3 is 0 Å². The number of hydrogen-bond acceptors (Lipinski definition) is 5. The van der Waals surface area contributed by atoms with E-state index in [1.807, 2.05) is 25.1 Å². The highest BCUT2D eigenvalue weighted by Gasteiger charge is 2.23. The number of hydrogen-bond donors (Lipinski definition) is 0. The van der Waals surface area contributed by atoms with Crippen LogP contribution in [0.4, 0.5) is 0 Å². The molecule has 0 aliphatic heterocycles. The summed E-state index contributed by atoms with van der Waals surface area (Å²) in [5, 5.41) is 0. The van der Waals surface area contributed by atoms with Crippen LogP contribution in [0, 0.1) is 19.3 Å². The first kappa shape index (κ1) is 19.3. The lowest BCUT2D eigenvalue weighted by Gasteiger charge is -2.32. The molecule has 0 radical (unpaired) electrons. The maximum absolute atomic E-state index is 5.97. The quantitative estimate of drug-likeness (QED) is 0.677. The highest BCUT2D eigenvalue weighted by atomic mass is 16.5. The largest absolute Gasteiger partial charge is 0.497 e. The summed E-state index contributed by atoms with van der Waals surface area (Å²) in [6, 6.07) is 6.16. The molecule has 1 heterocycles. The summed E-state index contributed by atoms with van der Waals surface area (Å²) in [4.78, 5) is 7.12. The van der Waals surface area contributed by atoms with Crippen molar-refractivity contribution in [1.29, 1.82) is 0 Å². The summed E-state index contributed by atoms with van der Waals surface area (Å²) in [6.45, 7) is 3.30. The molecule has 27 heavy (non-hydrogen) atoms. The number of rotatable bonds is 7. The van der Waals surface area contributed by atoms with Crippen LogP contribution in [-0.2, 0) is 6.54 Å². The van der Waals surface area contributed by atoms with E-state index in [1.54, 1.807) is 14.2 Å². The standard InChI is InChI=1S/C22H28N2O3/c1-5-13-24(17-9-7-6-8-10-17)15-20-16(2)27-22(23-20)19-12-11-18(25-3)14-21(19)26-4/h1,11-12,14,17H,6-10,13,15H2,2-4H3. The third-order valence-electron chi connectivity index (χ3n) is 5.27. The van der Waals surface area contributed by atoms with E-state index in [4.69, 9.17) is 25.3 Å². The lowest BCUT2D eigenvalue weighted by atomic mass is 9.94. The summed E-state index contributed by atoms with van der Waals surface area (Å²) in [6.07, 6.45) is 11.9. The topological polar surface area (TPSA) is 47.7 Å². The smallest absolute Gasteiger partial charge is 0.230 e. The zero-order valence-electron chi connectivity index (χ0n) is 16.5. The van der Waals surface area contributed by atoms with Crippen LogP contribution in [0.2, 0.25) is 0 Å². The molecule has 0 unspecified atom stereocenters. The molecule has 1 fully saturated rings. The van der Waals surface area contributed by atoms with Crippen molar-refractivity contribution in [1.82, 2.24) is 9.88 Å². The molecular formula is C22H28N2O3. The molecule has 1 aromatic heterocycles. The number of nitrogens with zero attached hydrogens (tertiary/aromatic N) is 2. The van der Waals surface area contributed by atoms with E-state index in [2.05, 4.69) is 10.8 Å². The Morgan fingerprint density at radius 2 is 2.00 bits per heavy atom. The van der Waals surface area contributed by atoms with E-state index in [0.29, 0.717) is 30.8 Å². The van der Waals surface area contributed by atoms with Crippen LogP contribution >= 0.6 is 0 Å². The molecule has 1 aliphatic carbocycles. The molecule has 1 aromatic carbocycles. The second kappa shape index (κ2) is 8.96. The van der Waals surface area contributed by atoms with Crippen molar-refractivity contribution >= 4 is 0 Å². The van der Waals surface area contributed by atoms with Gasteiger partial charge in [-0.25, -0.2) is 4.98 Å². The Kier molecular flexibility index (Phi) is 6.41. The van der Waals surface area contributed by atoms with Crippen molar-refractivity contribution in [2.75, 3.05) is 20.8 Å². The lowest BCUT2D eigenvalue weighted by molar-refractivity contribution is 0.165. The van der Waals surface area contributed by atoms with Gasteiger partial charge in [-0.2, -0.15) is 0 Å². The molecule has 0 spiro atoms. The van der Waals surface area contributed by atoms with Gasteiger partial charge in [0.25, 0.3) is 0 Å². The summed E-state index contributed by atoms with van der Waals surface area (Å²) >= 11 is 0. The molecule has 0 atom stereocenters. The first-order valence-electron chi connectivity index (χ1n) is 9.52. The molecule has 1 saturated carbocycles. The van der Waals surface area contributed by atoms with Gasteiger partial charge < -0.3 is 13.9 Å². The van der Waals surface area contributed by atoms with Crippen molar-refractivity contribution < 1.29 is 13.9 Å². The minimum absolute atomic E-state index is 0.532. The van der Waals surface area contributed by atoms with E-state index in [0.717, 1.165) is 22.8 Å². The molecule has 0 bridgehead atoms. The SMILES string of the molecule is C#CCN(Cc1nc(-c2ccc(OC)cc2OC)oc1C)C1CCCCC1. The molecule has 0 amide bonds. The second-order valence-electron chi connectivity index (χ2n) is 6.99. The van der Waals surface area contributed by atoms with Gasteiger partial charge in [0.15, 0.2) is 0 Å². The Hall–Kier alpha value is -2.45. The zero-order valence-corrected chi connectivity index (χ0v) is 16.5. The number of oxazole rings is 1. The van der Waals surface area contributed by atoms with Crippen LogP contribution in [0.25, 0.3) is 11.5 Å². The van der Waals surface area contributed by atoms with Crippen LogP contribution < -0.4 is 9.47 Å². The first-order chi connectivity index (χ1) is 13.2. The van der Waals surface area contributed by atoms with Crippen LogP contribution in [0.1, 0.15) is 43.6 Å². The molecule has 0 N–H and O–H groups in total. The Morgan fingerprint density at radius 3 is 2.67 bits per heavy atom. The number of terminal acetylenes is 1. The fourth-order valence-electron chi connectivity index (χ4n) is 3.74. The van der Waals surface area contributed by atoms with Gasteiger partial charge in [0.05, 0.1) is 32.0 Å². The van der Waals surface area contributed by atoms with E-state index >= 15 is 0 Å². The molecular weight excluding hydrogens is 340 g/mol. The summed E-state index contributed by atoms with van der Waals surface area (Å²) in [5.41, 5.74) is 1.75. The van der Waals surface area contributed by atoms with Gasteiger partial charge in [0, 0.05) is 18.7 Å². The Morgan fingerprint density at radius 1 is 1.22 bits per heavy atom. The minimum Gasteiger partial charge on any atom is -0.497 e. The fraction of sp³-hybridized carbons (Fsp3) is 0.500. The monoisotopic (exact) mass is 368 g/mol. The van der Waals surface area contributed by atoms with Crippen LogP contribution in [-0.4, -0.2) is 36.7 Å². The number of benzene rings is 1. The number of aromatic nitrogens is 1. The van der Waals surface area contributed by atoms with Crippen LogP contribution in [0.5, 0.6) is 11.5 Å². The molecule has 2 aromatic rings. The van der Waals surface area contributed by atoms with Gasteiger partial charge in [-0.05, 0) is 31.9 Å². The second-order valence-corrected chi connectivity index (χ2v) is 6.99. The van der Waals surface area contributed by atoms with E-state index < -0.39 is 0 Å². The molecule has 3 rings (SSSR count). The average Bonchev–Trinajstić information content (AvgIpc) is 3.08. The molecule has 1 aliphatic rings. The van der Waals surface area contributed by atoms with E-state index in [1.165, 1.54) is 32.1 Å². The third-order valence-corrected chi connectivity index (χ3v) is 5.27. The van der Waals surface area contributed by atoms with Crippen molar-refractivity contribution in [3.05, 3.63) is 29.7 Å². The maximum Gasteiger partial charge on any atom is 0.230 e. The van der Waals surface area contributed by atoms with Gasteiger partial charge in [-0.1, -0.05) is 25.2 Å². The lowest BCUT2D eigenvalue weighted by Crippen LogP contribution is -2.36. The van der Waals surface area contributed by atoms with Crippen molar-refractivity contribution in [2.45, 2.75) is 51.6 Å². The fourth-order valence-corrected chi connectivity index (χ4v) is 3.74. The number of ether oxygens (including phenoxy) is 2. The molecule has 5 heteroatoms. The van der Waals surface area contributed by atoms with E-state index in [9.17, 15) is 0 Å². The highest BCUT2D eigenvalue weighted by molar-refractivity contribution is 5.65. The third kappa shape index (κ3) is 4.45. The van der Waals surface area contributed by atoms with Crippen molar-refractivity contribution in [2.24, 2.45) is 0 Å². The Balaban J connectivity index is 1.84. The van der Waals surface area contributed by atoms with Crippen molar-refractivity contribution in [3.63, 3.8) is 0 Å². The highest BCUT2D eigenvalue weighted by Crippen LogP contribution is 2.34. The Labute approximate surface area is 161 Å². The van der Waals surface area contributed by atoms with Crippen molar-refractivity contribution in [3.8, 4) is 35.3 Å². The van der Waals surface area contributed by atoms with Gasteiger partial charge in [-0.15, -0.1) is 6.42 Å². The zero-order chi connectivity index (χ0) is 19.2. The van der Waals surface area contributed by atoms with Crippen LogP contribution in [0.3, 0.4) is 0 Å². The molecule has 5 nitrogen and oxygen atoms in total. The summed E-state index contributed by atoms with van der Waals surface area (Å²) in [7, 11) is 3.26. The first-order valence-corrected chi connectivity index (χ1v) is 9.52. The Bertz CT molecular complexity index is 800. The number of methoxy groups -OCH3 is 2. The predicted molar refractivity (Wildman–Crippen MR) is 106 cm³/mol. The van der Waals surface area contributed by atoms with Gasteiger partial charge in [-0.3, -0.25) is 4.90 Å². The van der Waals surface area contributed by atoms with E-state index in [-0.39, 0.29) is 0 Å². The maximum atomic E-state index is 5.97. The van der Waals surface area contributed by atoms with Gasteiger partial charge in [0.2, 0.25) is 5.89 Å². The normalized spacial score (nSPS) is 14.9. The average molecular weight is 368 g/mol. The summed E-state index contributed by atoms with van der Waals surface area (Å²) in [5.74, 6) is 5.60. The minimum atomic E-state index is 0.532.